The van der Waals surface area contributed by atoms with Crippen LogP contribution in [0.3, 0.4) is 0 Å². The molecule has 3 rings (SSSR count). The highest BCUT2D eigenvalue weighted by Gasteiger charge is 2.08. The molecule has 0 radical (unpaired) electrons. The standard InChI is InChI=1S/C9H12BrN3Si.C7H6BrN3/c1-14(2,3)5-4-7-9(11)12-6-8(10)13-7;1-11-3-2-5-7(11)9-4-6(8)10-5/h6H,1-3H3,(H2,11,12);2-4H,1H3. The van der Waals surface area contributed by atoms with E-state index < -0.39 is 8.07 Å². The van der Waals surface area contributed by atoms with Gasteiger partial charge in [0.2, 0.25) is 0 Å². The van der Waals surface area contributed by atoms with Crippen molar-refractivity contribution in [3.8, 4) is 11.5 Å². The number of anilines is 1. The van der Waals surface area contributed by atoms with Crippen LogP contribution in [0.4, 0.5) is 5.82 Å². The largest absolute Gasteiger partial charge is 0.381 e. The van der Waals surface area contributed by atoms with E-state index in [0.717, 1.165) is 15.8 Å². The molecule has 6 nitrogen and oxygen atoms in total. The van der Waals surface area contributed by atoms with Gasteiger partial charge in [0.15, 0.2) is 17.2 Å². The highest BCUT2D eigenvalue weighted by molar-refractivity contribution is 9.10. The van der Waals surface area contributed by atoms with Crippen molar-refractivity contribution < 1.29 is 0 Å². The molecule has 0 bridgehead atoms. The first kappa shape index (κ1) is 19.6. The Morgan fingerprint density at radius 2 is 1.72 bits per heavy atom. The number of nitrogen functional groups attached to an aromatic ring is 1. The van der Waals surface area contributed by atoms with Crippen molar-refractivity contribution >= 4 is 56.9 Å². The number of rotatable bonds is 0. The molecular formula is C16H18Br2N6Si. The van der Waals surface area contributed by atoms with E-state index in [1.807, 2.05) is 23.9 Å². The molecular weight excluding hydrogens is 464 g/mol. The van der Waals surface area contributed by atoms with Gasteiger partial charge in [-0.05, 0) is 37.9 Å². The van der Waals surface area contributed by atoms with Gasteiger partial charge in [-0.1, -0.05) is 25.6 Å². The Hall–Kier alpha value is -1.76. The van der Waals surface area contributed by atoms with Gasteiger partial charge in [0, 0.05) is 13.2 Å². The fraction of sp³-hybridized carbons (Fsp3) is 0.250. The molecule has 2 N–H and O–H groups in total. The predicted molar refractivity (Wildman–Crippen MR) is 111 cm³/mol. The number of aryl methyl sites for hydroxylation is 1. The van der Waals surface area contributed by atoms with Gasteiger partial charge in [0.1, 0.15) is 22.8 Å². The summed E-state index contributed by atoms with van der Waals surface area (Å²) in [6, 6.07) is 1.94. The van der Waals surface area contributed by atoms with E-state index >= 15 is 0 Å². The van der Waals surface area contributed by atoms with Crippen molar-refractivity contribution in [3.63, 3.8) is 0 Å². The van der Waals surface area contributed by atoms with Crippen molar-refractivity contribution in [2.45, 2.75) is 19.6 Å². The maximum Gasteiger partial charge on any atom is 0.158 e. The third-order valence-corrected chi connectivity index (χ3v) is 4.51. The van der Waals surface area contributed by atoms with E-state index in [1.165, 1.54) is 0 Å². The molecule has 0 unspecified atom stereocenters. The van der Waals surface area contributed by atoms with Crippen LogP contribution >= 0.6 is 31.9 Å². The summed E-state index contributed by atoms with van der Waals surface area (Å²) < 4.78 is 3.37. The third-order valence-electron chi connectivity index (χ3n) is 2.87. The first-order chi connectivity index (χ1) is 11.7. The van der Waals surface area contributed by atoms with Crippen LogP contribution in [0.15, 0.2) is 33.9 Å². The molecule has 3 aromatic rings. The molecule has 0 aromatic carbocycles. The van der Waals surface area contributed by atoms with E-state index in [9.17, 15) is 0 Å². The molecule has 0 saturated carbocycles. The molecule has 9 heteroatoms. The highest BCUT2D eigenvalue weighted by atomic mass is 79.9. The van der Waals surface area contributed by atoms with Gasteiger partial charge >= 0.3 is 0 Å². The van der Waals surface area contributed by atoms with Crippen molar-refractivity contribution in [1.29, 1.82) is 0 Å². The van der Waals surface area contributed by atoms with Gasteiger partial charge in [-0.25, -0.2) is 19.9 Å². The summed E-state index contributed by atoms with van der Waals surface area (Å²) in [4.78, 5) is 16.5. The predicted octanol–water partition coefficient (Wildman–Crippen LogP) is 3.78. The maximum atomic E-state index is 5.64. The lowest BCUT2D eigenvalue weighted by Gasteiger charge is -2.03. The molecule has 0 fully saturated rings. The summed E-state index contributed by atoms with van der Waals surface area (Å²) in [7, 11) is 0.569. The molecule has 0 spiro atoms. The Balaban J connectivity index is 0.000000185. The lowest BCUT2D eigenvalue weighted by Crippen LogP contribution is -2.16. The number of nitrogens with two attached hydrogens (primary N) is 1. The van der Waals surface area contributed by atoms with Gasteiger partial charge < -0.3 is 10.3 Å². The van der Waals surface area contributed by atoms with E-state index in [4.69, 9.17) is 5.73 Å². The Morgan fingerprint density at radius 1 is 1.08 bits per heavy atom. The van der Waals surface area contributed by atoms with Crippen molar-refractivity contribution in [2.75, 3.05) is 5.73 Å². The monoisotopic (exact) mass is 480 g/mol. The highest BCUT2D eigenvalue weighted by Crippen LogP contribution is 2.12. The summed E-state index contributed by atoms with van der Waals surface area (Å²) in [5, 5.41) is 0. The zero-order valence-corrected chi connectivity index (χ0v) is 18.6. The molecule has 0 aliphatic carbocycles. The van der Waals surface area contributed by atoms with E-state index in [2.05, 4.69) is 82.9 Å². The summed E-state index contributed by atoms with van der Waals surface area (Å²) in [5.41, 5.74) is 11.2. The fourth-order valence-electron chi connectivity index (χ4n) is 1.73. The van der Waals surface area contributed by atoms with Crippen molar-refractivity contribution in [1.82, 2.24) is 24.5 Å². The van der Waals surface area contributed by atoms with Crippen LogP contribution in [0.2, 0.25) is 19.6 Å². The van der Waals surface area contributed by atoms with Crippen molar-refractivity contribution in [2.24, 2.45) is 7.05 Å². The average Bonchev–Trinajstić information content (AvgIpc) is 2.88. The van der Waals surface area contributed by atoms with Crippen LogP contribution < -0.4 is 5.73 Å². The smallest absolute Gasteiger partial charge is 0.158 e. The second kappa shape index (κ2) is 8.08. The molecule has 0 amide bonds. The van der Waals surface area contributed by atoms with E-state index in [0.29, 0.717) is 16.1 Å². The molecule has 0 saturated heterocycles. The topological polar surface area (TPSA) is 82.5 Å². The second-order valence-electron chi connectivity index (χ2n) is 6.25. The fourth-order valence-corrected chi connectivity index (χ4v) is 2.79. The number of nitrogens with zero attached hydrogens (tertiary/aromatic N) is 5. The Morgan fingerprint density at radius 3 is 2.40 bits per heavy atom. The Kier molecular flexibility index (Phi) is 6.32. The summed E-state index contributed by atoms with van der Waals surface area (Å²) in [6.45, 7) is 6.50. The van der Waals surface area contributed by atoms with E-state index in [1.54, 1.807) is 12.4 Å². The first-order valence-electron chi connectivity index (χ1n) is 7.40. The van der Waals surface area contributed by atoms with Crippen LogP contribution in [0.25, 0.3) is 11.2 Å². The number of halogens is 2. The quantitative estimate of drug-likeness (QED) is 0.390. The zero-order chi connectivity index (χ0) is 18.6. The number of hydrogen-bond acceptors (Lipinski definition) is 5. The molecule has 3 aromatic heterocycles. The van der Waals surface area contributed by atoms with Crippen LogP contribution in [-0.2, 0) is 7.05 Å². The average molecular weight is 482 g/mol. The summed E-state index contributed by atoms with van der Waals surface area (Å²) in [5.74, 6) is 3.36. The van der Waals surface area contributed by atoms with Gasteiger partial charge in [0.05, 0.1) is 12.4 Å². The molecule has 0 aliphatic rings. The van der Waals surface area contributed by atoms with Crippen LogP contribution in [0.5, 0.6) is 0 Å². The zero-order valence-electron chi connectivity index (χ0n) is 14.4. The van der Waals surface area contributed by atoms with Gasteiger partial charge in [-0.3, -0.25) is 0 Å². The Bertz CT molecular complexity index is 953. The minimum Gasteiger partial charge on any atom is -0.381 e. The van der Waals surface area contributed by atoms with E-state index in [-0.39, 0.29) is 0 Å². The summed E-state index contributed by atoms with van der Waals surface area (Å²) in [6.07, 6.45) is 5.20. The molecule has 3 heterocycles. The minimum atomic E-state index is -1.38. The molecule has 0 aliphatic heterocycles. The minimum absolute atomic E-state index is 0.388. The molecule has 25 heavy (non-hydrogen) atoms. The van der Waals surface area contributed by atoms with Crippen LogP contribution in [0.1, 0.15) is 5.69 Å². The maximum absolute atomic E-state index is 5.64. The number of aromatic nitrogens is 5. The first-order valence-corrected chi connectivity index (χ1v) is 12.5. The van der Waals surface area contributed by atoms with Gasteiger partial charge in [-0.15, -0.1) is 5.54 Å². The van der Waals surface area contributed by atoms with Crippen molar-refractivity contribution in [3.05, 3.63) is 39.6 Å². The Labute approximate surface area is 164 Å². The third kappa shape index (κ3) is 5.92. The molecule has 0 atom stereocenters. The molecule has 130 valence electrons. The SMILES string of the molecule is C[Si](C)(C)C#Cc1nc(Br)cnc1N.Cn1ccc2nc(Br)cnc21. The lowest BCUT2D eigenvalue weighted by atomic mass is 10.4. The van der Waals surface area contributed by atoms with Crippen LogP contribution in [-0.4, -0.2) is 32.6 Å². The number of hydrogen-bond donors (Lipinski definition) is 1. The summed E-state index contributed by atoms with van der Waals surface area (Å²) >= 11 is 6.49. The number of fused-ring (bicyclic) bond motifs is 1. The van der Waals surface area contributed by atoms with Gasteiger partial charge in [0.25, 0.3) is 0 Å². The second-order valence-corrected chi connectivity index (χ2v) is 12.6. The lowest BCUT2D eigenvalue weighted by molar-refractivity contribution is 0.945. The normalized spacial score (nSPS) is 10.6. The van der Waals surface area contributed by atoms with Gasteiger partial charge in [-0.2, -0.15) is 0 Å². The van der Waals surface area contributed by atoms with Crippen LogP contribution in [0, 0.1) is 11.5 Å².